The third-order valence-corrected chi connectivity index (χ3v) is 2.92. The summed E-state index contributed by atoms with van der Waals surface area (Å²) in [6.07, 6.45) is 2.48. The van der Waals surface area contributed by atoms with Gasteiger partial charge in [0.25, 0.3) is 0 Å². The number of fused-ring (bicyclic) bond motifs is 1. The minimum atomic E-state index is -0.572. The van der Waals surface area contributed by atoms with Crippen molar-refractivity contribution in [2.75, 3.05) is 19.8 Å². The van der Waals surface area contributed by atoms with Crippen molar-refractivity contribution >= 4 is 5.76 Å². The Bertz CT molecular complexity index is 469. The van der Waals surface area contributed by atoms with Gasteiger partial charge in [-0.25, -0.2) is 0 Å². The number of unbranched alkanes of at least 4 members (excludes halogenated alkanes) is 1. The zero-order valence-corrected chi connectivity index (χ0v) is 11.5. The minimum Gasteiger partial charge on any atom is -0.507 e. The lowest BCUT2D eigenvalue weighted by atomic mass is 10.1. The van der Waals surface area contributed by atoms with Crippen LogP contribution in [0.1, 0.15) is 25.3 Å². The van der Waals surface area contributed by atoms with Crippen LogP contribution in [0.15, 0.2) is 24.3 Å². The van der Waals surface area contributed by atoms with Crippen LogP contribution in [0.3, 0.4) is 0 Å². The molecule has 5 nitrogen and oxygen atoms in total. The van der Waals surface area contributed by atoms with Crippen molar-refractivity contribution in [3.63, 3.8) is 0 Å². The molecule has 20 heavy (non-hydrogen) atoms. The van der Waals surface area contributed by atoms with E-state index in [1.807, 2.05) is 6.92 Å². The topological polar surface area (TPSA) is 68.2 Å². The summed E-state index contributed by atoms with van der Waals surface area (Å²) in [5.74, 6) is 1.37. The number of benzene rings is 1. The van der Waals surface area contributed by atoms with Crippen LogP contribution >= 0.6 is 0 Å². The first kappa shape index (κ1) is 14.7. The fourth-order valence-electron chi connectivity index (χ4n) is 1.93. The van der Waals surface area contributed by atoms with Gasteiger partial charge in [-0.3, -0.25) is 0 Å². The molecule has 1 heterocycles. The van der Waals surface area contributed by atoms with Gasteiger partial charge in [0.2, 0.25) is 6.29 Å². The summed E-state index contributed by atoms with van der Waals surface area (Å²) in [4.78, 5) is 0. The van der Waals surface area contributed by atoms with E-state index in [0.717, 1.165) is 12.8 Å². The predicted molar refractivity (Wildman–Crippen MR) is 74.9 cm³/mol. The highest BCUT2D eigenvalue weighted by Crippen LogP contribution is 2.34. The van der Waals surface area contributed by atoms with Gasteiger partial charge < -0.3 is 24.4 Å². The first-order valence-electron chi connectivity index (χ1n) is 6.81. The summed E-state index contributed by atoms with van der Waals surface area (Å²) in [7, 11) is 0. The van der Waals surface area contributed by atoms with Crippen molar-refractivity contribution in [1.29, 1.82) is 0 Å². The molecule has 1 unspecified atom stereocenters. The Morgan fingerprint density at radius 2 is 2.15 bits per heavy atom. The zero-order chi connectivity index (χ0) is 14.4. The molecule has 2 rings (SSSR count). The standard InChI is InChI=1S/C15H20O5/c1-2-18-15-10-13(17)12-6-5-11(9-14(12)20-15)19-8-4-3-7-16/h5-6,9-10,15-17H,2-4,7-8H2,1H3. The molecule has 110 valence electrons. The summed E-state index contributed by atoms with van der Waals surface area (Å²) >= 11 is 0. The fraction of sp³-hybridized carbons (Fsp3) is 0.467. The van der Waals surface area contributed by atoms with Gasteiger partial charge >= 0.3 is 0 Å². The van der Waals surface area contributed by atoms with Gasteiger partial charge in [-0.1, -0.05) is 0 Å². The quantitative estimate of drug-likeness (QED) is 0.751. The van der Waals surface area contributed by atoms with Crippen LogP contribution in [0.25, 0.3) is 5.76 Å². The fourth-order valence-corrected chi connectivity index (χ4v) is 1.93. The Hall–Kier alpha value is -1.72. The number of hydrogen-bond acceptors (Lipinski definition) is 5. The summed E-state index contributed by atoms with van der Waals surface area (Å²) in [6, 6.07) is 5.28. The molecule has 1 aliphatic rings. The monoisotopic (exact) mass is 280 g/mol. The highest BCUT2D eigenvalue weighted by Gasteiger charge is 2.21. The van der Waals surface area contributed by atoms with Crippen molar-refractivity contribution < 1.29 is 24.4 Å². The second kappa shape index (κ2) is 7.17. The third-order valence-electron chi connectivity index (χ3n) is 2.92. The maximum absolute atomic E-state index is 9.93. The minimum absolute atomic E-state index is 0.150. The molecular weight excluding hydrogens is 260 g/mol. The van der Waals surface area contributed by atoms with E-state index in [1.165, 1.54) is 6.08 Å². The average molecular weight is 280 g/mol. The van der Waals surface area contributed by atoms with Gasteiger partial charge in [0, 0.05) is 25.4 Å². The lowest BCUT2D eigenvalue weighted by molar-refractivity contribution is -0.0431. The molecule has 0 spiro atoms. The third kappa shape index (κ3) is 3.65. The van der Waals surface area contributed by atoms with Crippen LogP contribution in [0.5, 0.6) is 11.5 Å². The van der Waals surface area contributed by atoms with Crippen molar-refractivity contribution in [3.05, 3.63) is 29.8 Å². The van der Waals surface area contributed by atoms with Crippen LogP contribution in [0.2, 0.25) is 0 Å². The van der Waals surface area contributed by atoms with E-state index in [1.54, 1.807) is 18.2 Å². The Kier molecular flexibility index (Phi) is 5.26. The molecule has 1 atom stereocenters. The molecule has 5 heteroatoms. The Labute approximate surface area is 118 Å². The van der Waals surface area contributed by atoms with Crippen molar-refractivity contribution in [2.45, 2.75) is 26.1 Å². The Morgan fingerprint density at radius 3 is 2.90 bits per heavy atom. The molecule has 0 saturated carbocycles. The van der Waals surface area contributed by atoms with E-state index < -0.39 is 6.29 Å². The molecule has 1 aliphatic heterocycles. The van der Waals surface area contributed by atoms with Gasteiger partial charge in [-0.2, -0.15) is 0 Å². The number of hydrogen-bond donors (Lipinski definition) is 2. The smallest absolute Gasteiger partial charge is 0.223 e. The number of aliphatic hydroxyl groups excluding tert-OH is 2. The summed E-state index contributed by atoms with van der Waals surface area (Å²) in [6.45, 7) is 3.08. The van der Waals surface area contributed by atoms with Crippen molar-refractivity contribution in [3.8, 4) is 11.5 Å². The molecule has 2 N–H and O–H groups in total. The van der Waals surface area contributed by atoms with Gasteiger partial charge in [0.05, 0.1) is 12.2 Å². The van der Waals surface area contributed by atoms with E-state index >= 15 is 0 Å². The van der Waals surface area contributed by atoms with Crippen LogP contribution in [-0.2, 0) is 4.74 Å². The van der Waals surface area contributed by atoms with Gasteiger partial charge in [0.15, 0.2) is 0 Å². The average Bonchev–Trinajstić information content (AvgIpc) is 2.44. The number of rotatable bonds is 7. The van der Waals surface area contributed by atoms with Crippen LogP contribution in [0, 0.1) is 0 Å². The molecule has 0 bridgehead atoms. The Morgan fingerprint density at radius 1 is 1.30 bits per heavy atom. The normalized spacial score (nSPS) is 17.1. The molecule has 0 aliphatic carbocycles. The summed E-state index contributed by atoms with van der Waals surface area (Å²) in [5, 5.41) is 18.6. The Balaban J connectivity index is 2.03. The highest BCUT2D eigenvalue weighted by molar-refractivity contribution is 5.67. The molecule has 0 radical (unpaired) electrons. The van der Waals surface area contributed by atoms with E-state index in [-0.39, 0.29) is 12.4 Å². The molecular formula is C15H20O5. The molecule has 0 fully saturated rings. The zero-order valence-electron chi connectivity index (χ0n) is 11.5. The van der Waals surface area contributed by atoms with Crippen LogP contribution in [-0.4, -0.2) is 36.3 Å². The van der Waals surface area contributed by atoms with Crippen LogP contribution < -0.4 is 9.47 Å². The van der Waals surface area contributed by atoms with Gasteiger partial charge in [0.1, 0.15) is 17.3 Å². The lowest BCUT2D eigenvalue weighted by Crippen LogP contribution is -2.22. The molecule has 0 aromatic heterocycles. The van der Waals surface area contributed by atoms with Gasteiger partial charge in [-0.05, 0) is 31.9 Å². The molecule has 0 saturated heterocycles. The van der Waals surface area contributed by atoms with E-state index in [2.05, 4.69) is 0 Å². The van der Waals surface area contributed by atoms with Crippen molar-refractivity contribution in [1.82, 2.24) is 0 Å². The molecule has 0 amide bonds. The number of aliphatic hydroxyl groups is 2. The number of ether oxygens (including phenoxy) is 3. The SMILES string of the molecule is CCOC1C=C(O)c2ccc(OCCCCO)cc2O1. The molecule has 1 aromatic carbocycles. The lowest BCUT2D eigenvalue weighted by Gasteiger charge is -2.23. The van der Waals surface area contributed by atoms with E-state index in [0.29, 0.717) is 30.3 Å². The maximum atomic E-state index is 9.93. The molecule has 1 aromatic rings. The summed E-state index contributed by atoms with van der Waals surface area (Å²) < 4.78 is 16.5. The second-order valence-corrected chi connectivity index (χ2v) is 4.43. The predicted octanol–water partition coefficient (Wildman–Crippen LogP) is 2.49. The van der Waals surface area contributed by atoms with E-state index in [4.69, 9.17) is 19.3 Å². The summed E-state index contributed by atoms with van der Waals surface area (Å²) in [5.41, 5.74) is 0.628. The second-order valence-electron chi connectivity index (χ2n) is 4.43. The van der Waals surface area contributed by atoms with E-state index in [9.17, 15) is 5.11 Å². The largest absolute Gasteiger partial charge is 0.507 e. The maximum Gasteiger partial charge on any atom is 0.223 e. The van der Waals surface area contributed by atoms with Gasteiger partial charge in [-0.15, -0.1) is 0 Å². The van der Waals surface area contributed by atoms with Crippen LogP contribution in [0.4, 0.5) is 0 Å². The first-order valence-corrected chi connectivity index (χ1v) is 6.81. The van der Waals surface area contributed by atoms with Crippen molar-refractivity contribution in [2.24, 2.45) is 0 Å². The highest BCUT2D eigenvalue weighted by atomic mass is 16.7. The first-order chi connectivity index (χ1) is 9.74.